The van der Waals surface area contributed by atoms with E-state index in [1.807, 2.05) is 0 Å². The Morgan fingerprint density at radius 1 is 0.367 bits per heavy atom. The van der Waals surface area contributed by atoms with Crippen LogP contribution in [0.15, 0.2) is 0 Å². The van der Waals surface area contributed by atoms with Crippen molar-refractivity contribution in [2.45, 2.75) is 120 Å². The van der Waals surface area contributed by atoms with Crippen LogP contribution in [0.3, 0.4) is 0 Å². The second-order valence-electron chi connectivity index (χ2n) is 15.7. The van der Waals surface area contributed by atoms with Crippen LogP contribution >= 0.6 is 21.8 Å². The molecule has 0 saturated carbocycles. The number of nitrogens with one attached hydrogen (secondary N) is 3. The van der Waals surface area contributed by atoms with E-state index in [1.54, 1.807) is 0 Å². The van der Waals surface area contributed by atoms with Crippen molar-refractivity contribution in [2.24, 2.45) is 0 Å². The van der Waals surface area contributed by atoms with Crippen LogP contribution in [-0.2, 0) is 14.4 Å². The van der Waals surface area contributed by atoms with E-state index >= 15 is 0 Å². The fraction of sp³-hybridized carbons (Fsp3) is 0.923. The summed E-state index contributed by atoms with van der Waals surface area (Å²) in [7, 11) is -4.78. The minimum atomic E-state index is -1.59. The van der Waals surface area contributed by atoms with Gasteiger partial charge in [0.2, 0.25) is 0 Å². The molecule has 3 amide bonds. The third-order valence-electron chi connectivity index (χ3n) is 10.9. The molecule has 0 spiro atoms. The van der Waals surface area contributed by atoms with Gasteiger partial charge in [0, 0.05) is 0 Å². The molecular formula is C39H87N4O3P3. The van der Waals surface area contributed by atoms with Crippen LogP contribution in [0.4, 0.5) is 0 Å². The molecule has 0 fully saturated rings. The van der Waals surface area contributed by atoms with E-state index in [0.717, 1.165) is 38.1 Å². The molecule has 0 unspecified atom stereocenters. The molecule has 0 aliphatic carbocycles. The van der Waals surface area contributed by atoms with Gasteiger partial charge in [-0.3, -0.25) is 0 Å². The van der Waals surface area contributed by atoms with E-state index in [1.165, 1.54) is 113 Å². The van der Waals surface area contributed by atoms with Crippen molar-refractivity contribution in [3.63, 3.8) is 0 Å². The number of hydrogen-bond donors (Lipinski definition) is 3. The van der Waals surface area contributed by atoms with E-state index in [-0.39, 0.29) is 17.7 Å². The SMILES string of the molecule is CCC[PH](CCC)(CCC)CC(=O)NCCN(CCNC(=O)C[PH](CCC)(CCC)CCC)CCNC(=O)C[PH](CCC)(CCC)CCC. The summed E-state index contributed by atoms with van der Waals surface area (Å²) in [6.07, 6.45) is 23.9. The van der Waals surface area contributed by atoms with Crippen molar-refractivity contribution >= 4 is 39.5 Å². The quantitative estimate of drug-likeness (QED) is 0.0604. The molecular weight excluding hydrogens is 665 g/mol. The van der Waals surface area contributed by atoms with Crippen molar-refractivity contribution in [3.8, 4) is 0 Å². The van der Waals surface area contributed by atoms with E-state index in [9.17, 15) is 14.4 Å². The molecule has 0 bridgehead atoms. The second-order valence-corrected chi connectivity index (χ2v) is 30.2. The van der Waals surface area contributed by atoms with Gasteiger partial charge in [-0.1, -0.05) is 0 Å². The number of carbonyl (C=O) groups is 3. The standard InChI is InChI=1S/C39H87N4O3P3/c1-10-25-47(26-11-2,27-12-3)34-37(44)40-19-22-43(23-20-41-38(45)35-48(28-13-4,29-14-5)30-15-6)24-21-42-39(46)36-49(31-16-7,32-17-8)33-18-9/h47-49H,10-36H2,1-9H3,(H,40,44)(H,41,45)(H,42,46). The summed E-state index contributed by atoms with van der Waals surface area (Å²) < 4.78 is 0. The molecule has 0 aromatic carbocycles. The monoisotopic (exact) mass is 753 g/mol. The van der Waals surface area contributed by atoms with Crippen molar-refractivity contribution in [1.82, 2.24) is 20.9 Å². The van der Waals surface area contributed by atoms with Gasteiger partial charge in [0.1, 0.15) is 0 Å². The average molecular weight is 753 g/mol. The molecule has 0 saturated heterocycles. The van der Waals surface area contributed by atoms with Gasteiger partial charge in [0.05, 0.1) is 0 Å². The van der Waals surface area contributed by atoms with E-state index in [0.29, 0.717) is 19.6 Å². The Balaban J connectivity index is 5.49. The Morgan fingerprint density at radius 3 is 0.714 bits per heavy atom. The third-order valence-corrected chi connectivity index (χ3v) is 28.1. The van der Waals surface area contributed by atoms with Crippen LogP contribution in [0.5, 0.6) is 0 Å². The Labute approximate surface area is 307 Å². The second kappa shape index (κ2) is 29.2. The number of nitrogens with zero attached hydrogens (tertiary/aromatic N) is 1. The molecule has 7 nitrogen and oxygen atoms in total. The molecule has 0 heterocycles. The molecule has 0 radical (unpaired) electrons. The fourth-order valence-corrected chi connectivity index (χ4v) is 25.1. The molecule has 0 aliphatic rings. The van der Waals surface area contributed by atoms with Gasteiger partial charge < -0.3 is 0 Å². The number of hydrogen-bond acceptors (Lipinski definition) is 4. The topological polar surface area (TPSA) is 90.5 Å². The first-order valence-electron chi connectivity index (χ1n) is 21.0. The van der Waals surface area contributed by atoms with Crippen molar-refractivity contribution in [2.75, 3.05) is 113 Å². The van der Waals surface area contributed by atoms with Gasteiger partial charge >= 0.3 is 308 Å². The molecule has 49 heavy (non-hydrogen) atoms. The molecule has 0 atom stereocenters. The predicted molar refractivity (Wildman–Crippen MR) is 231 cm³/mol. The molecule has 0 rings (SSSR count). The fourth-order valence-electron chi connectivity index (χ4n) is 9.30. The van der Waals surface area contributed by atoms with Crippen LogP contribution in [0.2, 0.25) is 0 Å². The van der Waals surface area contributed by atoms with Gasteiger partial charge in [-0.2, -0.15) is 0 Å². The average Bonchev–Trinajstić information content (AvgIpc) is 3.02. The zero-order valence-electron chi connectivity index (χ0n) is 34.3. The van der Waals surface area contributed by atoms with E-state index in [2.05, 4.69) is 83.2 Å². The zero-order valence-corrected chi connectivity index (χ0v) is 37.3. The molecule has 3 N–H and O–H groups in total. The first-order chi connectivity index (χ1) is 23.5. The van der Waals surface area contributed by atoms with Gasteiger partial charge in [0.25, 0.3) is 0 Å². The Morgan fingerprint density at radius 2 is 0.551 bits per heavy atom. The minimum absolute atomic E-state index is 0.219. The van der Waals surface area contributed by atoms with Crippen molar-refractivity contribution < 1.29 is 14.4 Å². The van der Waals surface area contributed by atoms with E-state index < -0.39 is 21.8 Å². The predicted octanol–water partition coefficient (Wildman–Crippen LogP) is 7.58. The summed E-state index contributed by atoms with van der Waals surface area (Å²) in [4.78, 5) is 42.1. The Kier molecular flexibility index (Phi) is 29.0. The summed E-state index contributed by atoms with van der Waals surface area (Å²) in [5.41, 5.74) is 0. The van der Waals surface area contributed by atoms with Gasteiger partial charge in [0.15, 0.2) is 0 Å². The summed E-state index contributed by atoms with van der Waals surface area (Å²) in [6, 6.07) is 0. The van der Waals surface area contributed by atoms with Crippen LogP contribution in [-0.4, -0.2) is 136 Å². The maximum absolute atomic E-state index is 13.3. The van der Waals surface area contributed by atoms with Gasteiger partial charge in [-0.05, 0) is 0 Å². The molecule has 10 heteroatoms. The number of rotatable bonds is 33. The van der Waals surface area contributed by atoms with Gasteiger partial charge in [-0.15, -0.1) is 0 Å². The maximum atomic E-state index is 13.3. The zero-order chi connectivity index (χ0) is 37.0. The van der Waals surface area contributed by atoms with Gasteiger partial charge in [-0.25, -0.2) is 0 Å². The molecule has 0 aliphatic heterocycles. The van der Waals surface area contributed by atoms with Crippen LogP contribution < -0.4 is 16.0 Å². The first kappa shape index (κ1) is 48.7. The Bertz CT molecular complexity index is 716. The summed E-state index contributed by atoms with van der Waals surface area (Å²) in [5, 5.41) is 9.84. The van der Waals surface area contributed by atoms with E-state index in [4.69, 9.17) is 0 Å². The molecule has 296 valence electrons. The van der Waals surface area contributed by atoms with Crippen molar-refractivity contribution in [3.05, 3.63) is 0 Å². The summed E-state index contributed by atoms with van der Waals surface area (Å²) in [5.74, 6) is 0.658. The first-order valence-corrected chi connectivity index (χ1v) is 29.5. The van der Waals surface area contributed by atoms with Crippen LogP contribution in [0.1, 0.15) is 120 Å². The molecule has 0 aromatic heterocycles. The summed E-state index contributed by atoms with van der Waals surface area (Å²) in [6.45, 7) is 24.4. The van der Waals surface area contributed by atoms with Crippen molar-refractivity contribution in [1.29, 1.82) is 0 Å². The number of carbonyl (C=O) groups excluding carboxylic acids is 3. The van der Waals surface area contributed by atoms with Crippen LogP contribution in [0, 0.1) is 0 Å². The third kappa shape index (κ3) is 21.1. The normalized spacial score (nSPS) is 13.3. The Hall–Kier alpha value is -0.340. The summed E-state index contributed by atoms with van der Waals surface area (Å²) >= 11 is 0. The van der Waals surface area contributed by atoms with Crippen LogP contribution in [0.25, 0.3) is 0 Å². The molecule has 0 aromatic rings. The number of amides is 3.